The van der Waals surface area contributed by atoms with Gasteiger partial charge in [-0.1, -0.05) is 67.1 Å². The second-order valence-electron chi connectivity index (χ2n) is 21.4. The van der Waals surface area contributed by atoms with Crippen LogP contribution in [0.1, 0.15) is 131 Å². The lowest BCUT2D eigenvalue weighted by Gasteiger charge is -2.40. The van der Waals surface area contributed by atoms with E-state index in [0.29, 0.717) is 17.5 Å². The maximum absolute atomic E-state index is 14.5. The second-order valence-corrected chi connectivity index (χ2v) is 21.4. The first-order valence-electron chi connectivity index (χ1n) is 24.9. The van der Waals surface area contributed by atoms with Crippen LogP contribution in [-0.2, 0) is 51.0 Å². The number of hydrogen-bond acceptors (Lipinski definition) is 11. The zero-order valence-corrected chi connectivity index (χ0v) is 44.0. The molecule has 0 aromatic heterocycles. The Bertz CT molecular complexity index is 2190. The predicted molar refractivity (Wildman–Crippen MR) is 267 cm³/mol. The van der Waals surface area contributed by atoms with Gasteiger partial charge in [0.2, 0.25) is 23.6 Å². The van der Waals surface area contributed by atoms with Crippen molar-refractivity contribution >= 4 is 47.9 Å². The molecular weight excluding hydrogens is 972 g/mol. The molecule has 3 rings (SSSR count). The molecule has 19 nitrogen and oxygen atoms in total. The summed E-state index contributed by atoms with van der Waals surface area (Å²) in [4.78, 5) is 110. The number of piperidine rings is 1. The Labute approximate surface area is 431 Å². The number of unbranched alkanes of at least 4 members (excludes halogenated alkanes) is 2. The largest absolute Gasteiger partial charge is 0.480 e. The van der Waals surface area contributed by atoms with Crippen LogP contribution in [0.3, 0.4) is 0 Å². The van der Waals surface area contributed by atoms with Crippen LogP contribution in [0.5, 0.6) is 0 Å². The molecule has 1 heterocycles. The Balaban J connectivity index is 1.96. The van der Waals surface area contributed by atoms with E-state index in [1.807, 2.05) is 0 Å². The molecule has 4 unspecified atom stereocenters. The summed E-state index contributed by atoms with van der Waals surface area (Å²) < 4.78 is 56.0. The van der Waals surface area contributed by atoms with E-state index in [0.717, 1.165) is 0 Å². The lowest BCUT2D eigenvalue weighted by molar-refractivity contribution is -0.150. The van der Waals surface area contributed by atoms with Gasteiger partial charge in [-0.15, -0.1) is 0 Å². The van der Waals surface area contributed by atoms with E-state index in [2.05, 4.69) is 31.9 Å². The SMILES string of the molecule is CC(C)(C)OC(=O)NCCCCC(NC(=O)C(CCCCC(F)(F)F)NC(=O)C(Cc1ccccc1)NC(=O)C(Cc1ccccc1)NC(=O)OC(C)(C)C)C(=O)N1CCC(NC(=O)OC(C)(C)C)(C(=O)O)CC1. The molecule has 2 aromatic rings. The van der Waals surface area contributed by atoms with Crippen LogP contribution in [0.15, 0.2) is 60.7 Å². The molecule has 1 aliphatic rings. The van der Waals surface area contributed by atoms with Crippen molar-refractivity contribution in [1.82, 2.24) is 36.8 Å². The Morgan fingerprint density at radius 2 is 0.986 bits per heavy atom. The van der Waals surface area contributed by atoms with Crippen LogP contribution in [0.25, 0.3) is 0 Å². The van der Waals surface area contributed by atoms with Gasteiger partial charge in [0.25, 0.3) is 0 Å². The predicted octanol–water partition coefficient (Wildman–Crippen LogP) is 6.61. The van der Waals surface area contributed by atoms with Crippen LogP contribution in [0.4, 0.5) is 27.6 Å². The van der Waals surface area contributed by atoms with Gasteiger partial charge in [-0.3, -0.25) is 19.2 Å². The summed E-state index contributed by atoms with van der Waals surface area (Å²) in [7, 11) is 0. The van der Waals surface area contributed by atoms with Crippen molar-refractivity contribution in [3.8, 4) is 0 Å². The first-order chi connectivity index (χ1) is 34.3. The number of rotatable bonds is 23. The number of carbonyl (C=O) groups is 8. The summed E-state index contributed by atoms with van der Waals surface area (Å²) in [6.45, 7) is 14.6. The number of likely N-dealkylation sites (tertiary alicyclic amines) is 1. The van der Waals surface area contributed by atoms with Crippen LogP contribution in [-0.4, -0.2) is 130 Å². The Hall–Kier alpha value is -6.61. The fourth-order valence-electron chi connectivity index (χ4n) is 7.78. The van der Waals surface area contributed by atoms with E-state index in [-0.39, 0.29) is 71.0 Å². The topological polar surface area (TPSA) is 260 Å². The lowest BCUT2D eigenvalue weighted by atomic mass is 9.87. The van der Waals surface area contributed by atoms with E-state index in [1.54, 1.807) is 123 Å². The van der Waals surface area contributed by atoms with Gasteiger partial charge in [0.15, 0.2) is 0 Å². The van der Waals surface area contributed by atoms with Crippen molar-refractivity contribution in [2.75, 3.05) is 19.6 Å². The summed E-state index contributed by atoms with van der Waals surface area (Å²) in [6.07, 6.45) is -9.29. The molecular formula is C52H76F3N7O12. The summed E-state index contributed by atoms with van der Waals surface area (Å²) in [6, 6.07) is 11.7. The van der Waals surface area contributed by atoms with Crippen molar-refractivity contribution in [2.45, 2.75) is 186 Å². The summed E-state index contributed by atoms with van der Waals surface area (Å²) >= 11 is 0. The van der Waals surface area contributed by atoms with Gasteiger partial charge in [0, 0.05) is 38.9 Å². The second kappa shape index (κ2) is 27.6. The minimum atomic E-state index is -4.51. The van der Waals surface area contributed by atoms with E-state index >= 15 is 0 Å². The van der Waals surface area contributed by atoms with E-state index in [4.69, 9.17) is 14.2 Å². The molecule has 1 saturated heterocycles. The average molecular weight is 1050 g/mol. The third-order valence-electron chi connectivity index (χ3n) is 11.3. The summed E-state index contributed by atoms with van der Waals surface area (Å²) in [5, 5.41) is 25.9. The molecule has 0 saturated carbocycles. The highest BCUT2D eigenvalue weighted by molar-refractivity contribution is 5.95. The molecule has 2 aromatic carbocycles. The van der Waals surface area contributed by atoms with Gasteiger partial charge in [-0.2, -0.15) is 13.2 Å². The van der Waals surface area contributed by atoms with Crippen molar-refractivity contribution < 1.29 is 70.8 Å². The highest BCUT2D eigenvalue weighted by Crippen LogP contribution is 2.26. The van der Waals surface area contributed by atoms with E-state index < -0.39 is 113 Å². The Kier molecular flexibility index (Phi) is 23.0. The molecule has 0 radical (unpaired) electrons. The smallest absolute Gasteiger partial charge is 0.408 e. The van der Waals surface area contributed by atoms with Gasteiger partial charge < -0.3 is 56.1 Å². The number of ether oxygens (including phenoxy) is 3. The van der Waals surface area contributed by atoms with Gasteiger partial charge in [-0.25, -0.2) is 19.2 Å². The number of nitrogens with one attached hydrogen (secondary N) is 6. The zero-order chi connectivity index (χ0) is 55.5. The highest BCUT2D eigenvalue weighted by Gasteiger charge is 2.46. The number of carbonyl (C=O) groups excluding carboxylic acids is 7. The maximum Gasteiger partial charge on any atom is 0.408 e. The fraction of sp³-hybridized carbons (Fsp3) is 0.615. The van der Waals surface area contributed by atoms with E-state index in [9.17, 15) is 56.6 Å². The monoisotopic (exact) mass is 1050 g/mol. The van der Waals surface area contributed by atoms with Crippen LogP contribution < -0.4 is 31.9 Å². The number of amides is 7. The highest BCUT2D eigenvalue weighted by atomic mass is 19.4. The number of carboxylic acids is 1. The fourth-order valence-corrected chi connectivity index (χ4v) is 7.78. The van der Waals surface area contributed by atoms with Gasteiger partial charge in [-0.05, 0) is 118 Å². The summed E-state index contributed by atoms with van der Waals surface area (Å²) in [5.41, 5.74) is -3.18. The van der Waals surface area contributed by atoms with Crippen molar-refractivity contribution in [1.29, 1.82) is 0 Å². The molecule has 0 bridgehead atoms. The normalized spacial score (nSPS) is 15.4. The number of nitrogens with zero attached hydrogens (tertiary/aromatic N) is 1. The van der Waals surface area contributed by atoms with Crippen LogP contribution in [0.2, 0.25) is 0 Å². The lowest BCUT2D eigenvalue weighted by Crippen LogP contribution is -2.63. The van der Waals surface area contributed by atoms with Gasteiger partial charge in [0.05, 0.1) is 0 Å². The Morgan fingerprint density at radius 1 is 0.568 bits per heavy atom. The molecule has 0 aliphatic carbocycles. The minimum absolute atomic E-state index is 0.0170. The van der Waals surface area contributed by atoms with Gasteiger partial charge >= 0.3 is 30.4 Å². The number of hydrogen-bond donors (Lipinski definition) is 7. The molecule has 74 heavy (non-hydrogen) atoms. The molecule has 22 heteroatoms. The zero-order valence-electron chi connectivity index (χ0n) is 44.0. The minimum Gasteiger partial charge on any atom is -0.480 e. The van der Waals surface area contributed by atoms with Crippen molar-refractivity contribution in [3.63, 3.8) is 0 Å². The molecule has 1 aliphatic heterocycles. The number of carboxylic acid groups (broad SMARTS) is 1. The number of alkyl carbamates (subject to hydrolysis) is 3. The van der Waals surface area contributed by atoms with Crippen LogP contribution >= 0.6 is 0 Å². The third-order valence-corrected chi connectivity index (χ3v) is 11.3. The van der Waals surface area contributed by atoms with Crippen molar-refractivity contribution in [3.05, 3.63) is 71.8 Å². The van der Waals surface area contributed by atoms with Gasteiger partial charge in [0.1, 0.15) is 46.5 Å². The van der Waals surface area contributed by atoms with Crippen LogP contribution in [0, 0.1) is 0 Å². The number of benzene rings is 2. The standard InChI is InChI=1S/C52H76F3N7O12/c1-48(2,3)72-45(69)56-29-19-17-25-37(43(66)62-30-27-51(28-31-62,44(67)68)61-47(71)74-50(7,8)9)58-40(63)36(24-16-18-26-52(53,54)55)57-41(64)38(32-34-20-12-10-13-21-34)59-42(65)39(33-35-22-14-11-15-23-35)60-46(70)73-49(4,5)6/h10-15,20-23,36-39H,16-19,24-33H2,1-9H3,(H,56,69)(H,57,64)(H,58,63)(H,59,65)(H,60,70)(H,61,71)(H,67,68). The number of alkyl halides is 3. The Morgan fingerprint density at radius 3 is 1.47 bits per heavy atom. The molecule has 412 valence electrons. The molecule has 1 fully saturated rings. The summed E-state index contributed by atoms with van der Waals surface area (Å²) in [5.74, 6) is -4.62. The molecule has 4 atom stereocenters. The quantitative estimate of drug-likeness (QED) is 0.0459. The molecule has 7 amide bonds. The maximum atomic E-state index is 14.5. The first kappa shape index (κ1) is 61.7. The average Bonchev–Trinajstić information content (AvgIpc) is 3.27. The number of halogens is 3. The van der Waals surface area contributed by atoms with Crippen molar-refractivity contribution in [2.24, 2.45) is 0 Å². The number of aliphatic carboxylic acids is 1. The first-order valence-corrected chi connectivity index (χ1v) is 24.9. The molecule has 7 N–H and O–H groups in total. The molecule has 0 spiro atoms. The van der Waals surface area contributed by atoms with E-state index in [1.165, 1.54) is 4.90 Å². The third kappa shape index (κ3) is 23.5.